The molecule has 1 aromatic carbocycles. The molecule has 0 bridgehead atoms. The highest BCUT2D eigenvalue weighted by Crippen LogP contribution is 2.37. The van der Waals surface area contributed by atoms with E-state index in [2.05, 4.69) is 26.6 Å². The number of alkyl halides is 3. The molecule has 14 heteroatoms. The number of carbonyl (C=O) groups excluding carboxylic acids is 2. The van der Waals surface area contributed by atoms with Gasteiger partial charge in [-0.1, -0.05) is 6.07 Å². The van der Waals surface area contributed by atoms with Crippen molar-refractivity contribution in [1.29, 1.82) is 5.26 Å². The van der Waals surface area contributed by atoms with E-state index in [0.717, 1.165) is 36.6 Å². The van der Waals surface area contributed by atoms with Gasteiger partial charge in [0.25, 0.3) is 5.91 Å². The number of nitrogens with zero attached hydrogens (tertiary/aromatic N) is 7. The molecule has 3 aromatic heterocycles. The third kappa shape index (κ3) is 5.38. The van der Waals surface area contributed by atoms with E-state index < -0.39 is 23.2 Å². The van der Waals surface area contributed by atoms with E-state index in [1.54, 1.807) is 26.4 Å². The summed E-state index contributed by atoms with van der Waals surface area (Å²) in [5.74, 6) is -0.452. The van der Waals surface area contributed by atoms with Crippen molar-refractivity contribution in [2.45, 2.75) is 43.8 Å². The summed E-state index contributed by atoms with van der Waals surface area (Å²) in [6.45, 7) is 0.533. The number of nitrogens with one attached hydrogen (secondary N) is 1. The van der Waals surface area contributed by atoms with Crippen molar-refractivity contribution in [2.24, 2.45) is 5.92 Å². The molecule has 0 spiro atoms. The van der Waals surface area contributed by atoms with E-state index in [1.807, 2.05) is 18.3 Å². The quantitative estimate of drug-likeness (QED) is 0.334. The van der Waals surface area contributed by atoms with Crippen LogP contribution < -0.4 is 10.1 Å². The van der Waals surface area contributed by atoms with Crippen LogP contribution in [0.3, 0.4) is 0 Å². The number of halogens is 3. The number of aromatic nitrogens is 5. The van der Waals surface area contributed by atoms with Crippen LogP contribution in [0, 0.1) is 17.2 Å². The maximum Gasteiger partial charge on any atom is 0.416 e. The highest BCUT2D eigenvalue weighted by atomic mass is 19.4. The van der Waals surface area contributed by atoms with Gasteiger partial charge >= 0.3 is 6.18 Å². The molecule has 0 atom stereocenters. The predicted molar refractivity (Wildman–Crippen MR) is 147 cm³/mol. The second kappa shape index (κ2) is 10.7. The molecule has 6 rings (SSSR count). The van der Waals surface area contributed by atoms with Crippen LogP contribution in [-0.2, 0) is 16.5 Å². The van der Waals surface area contributed by atoms with Crippen LogP contribution in [0.5, 0.6) is 5.75 Å². The number of pyridine rings is 1. The monoisotopic (exact) mass is 592 g/mol. The molecular formula is C29H27F3N8O3. The van der Waals surface area contributed by atoms with Gasteiger partial charge in [0.05, 0.1) is 48.2 Å². The second-order valence-electron chi connectivity index (χ2n) is 10.8. The number of rotatable bonds is 7. The van der Waals surface area contributed by atoms with Crippen molar-refractivity contribution < 1.29 is 27.5 Å². The van der Waals surface area contributed by atoms with Gasteiger partial charge in [0.15, 0.2) is 5.65 Å². The standard InChI is InChI=1S/C29H27F3N8O3/c1-43-23-15-20(29(30,31)32)7-8-21(23)26(42)38-13-10-28(9-12-33,11-14-38)39-17-19(16-34-39)22-3-2-4-24-35-27(37-40(22)24)36-25(41)18-5-6-18/h2-4,7-8,15-18H,5-6,9-11,13-14H2,1H3,(H,36,37,41). The first kappa shape index (κ1) is 28.2. The summed E-state index contributed by atoms with van der Waals surface area (Å²) in [7, 11) is 1.22. The Labute approximate surface area is 243 Å². The number of amides is 2. The zero-order valence-electron chi connectivity index (χ0n) is 23.1. The molecule has 1 saturated carbocycles. The maximum absolute atomic E-state index is 13.3. The first-order valence-electron chi connectivity index (χ1n) is 13.8. The van der Waals surface area contributed by atoms with Crippen LogP contribution >= 0.6 is 0 Å². The van der Waals surface area contributed by atoms with Crippen LogP contribution in [0.1, 0.15) is 48.0 Å². The Balaban J connectivity index is 1.22. The Bertz CT molecular complexity index is 1740. The van der Waals surface area contributed by atoms with Crippen molar-refractivity contribution in [2.75, 3.05) is 25.5 Å². The van der Waals surface area contributed by atoms with Crippen molar-refractivity contribution in [3.05, 3.63) is 59.9 Å². The molecule has 2 fully saturated rings. The number of benzene rings is 1. The molecule has 4 heterocycles. The number of ether oxygens (including phenoxy) is 1. The first-order chi connectivity index (χ1) is 20.6. The van der Waals surface area contributed by atoms with E-state index in [-0.39, 0.29) is 48.6 Å². The fourth-order valence-electron chi connectivity index (χ4n) is 5.42. The molecule has 2 amide bonds. The molecule has 1 N–H and O–H groups in total. The number of hydrogen-bond donors (Lipinski definition) is 1. The Morgan fingerprint density at radius 3 is 2.63 bits per heavy atom. The fourth-order valence-corrected chi connectivity index (χ4v) is 5.42. The van der Waals surface area contributed by atoms with Crippen LogP contribution in [0.2, 0.25) is 0 Å². The topological polar surface area (TPSA) is 130 Å². The van der Waals surface area contributed by atoms with Gasteiger partial charge in [0.2, 0.25) is 11.9 Å². The van der Waals surface area contributed by atoms with Gasteiger partial charge < -0.3 is 9.64 Å². The first-order valence-corrected chi connectivity index (χ1v) is 13.8. The third-order valence-electron chi connectivity index (χ3n) is 8.06. The molecule has 4 aromatic rings. The molecule has 222 valence electrons. The van der Waals surface area contributed by atoms with Crippen LogP contribution in [-0.4, -0.2) is 61.3 Å². The molecule has 2 aliphatic rings. The van der Waals surface area contributed by atoms with E-state index >= 15 is 0 Å². The lowest BCUT2D eigenvalue weighted by atomic mass is 9.84. The van der Waals surface area contributed by atoms with Gasteiger partial charge in [0, 0.05) is 30.8 Å². The summed E-state index contributed by atoms with van der Waals surface area (Å²) in [5, 5.41) is 21.5. The van der Waals surface area contributed by atoms with E-state index in [9.17, 15) is 28.0 Å². The number of hydrogen-bond acceptors (Lipinski definition) is 7. The molecule has 11 nitrogen and oxygen atoms in total. The number of fused-ring (bicyclic) bond motifs is 1. The molecule has 1 saturated heterocycles. The summed E-state index contributed by atoms with van der Waals surface area (Å²) >= 11 is 0. The Kier molecular flexibility index (Phi) is 7.03. The SMILES string of the molecule is COc1cc(C(F)(F)F)ccc1C(=O)N1CCC(CC#N)(n2cc(-c3cccc4nc(NC(=O)C5CC5)nn34)cn2)CC1. The van der Waals surface area contributed by atoms with Crippen molar-refractivity contribution in [3.8, 4) is 23.1 Å². The highest BCUT2D eigenvalue weighted by molar-refractivity contribution is 5.97. The molecular weight excluding hydrogens is 565 g/mol. The summed E-state index contributed by atoms with van der Waals surface area (Å²) in [6.07, 6.45) is 1.61. The van der Waals surface area contributed by atoms with E-state index in [0.29, 0.717) is 24.2 Å². The fraction of sp³-hybridized carbons (Fsp3) is 0.379. The van der Waals surface area contributed by atoms with Gasteiger partial charge in [0.1, 0.15) is 5.75 Å². The van der Waals surface area contributed by atoms with Gasteiger partial charge in [-0.3, -0.25) is 19.6 Å². The Morgan fingerprint density at radius 1 is 1.19 bits per heavy atom. The minimum Gasteiger partial charge on any atom is -0.496 e. The predicted octanol–water partition coefficient (Wildman–Crippen LogP) is 4.51. The number of piperidine rings is 1. The smallest absolute Gasteiger partial charge is 0.416 e. The zero-order chi connectivity index (χ0) is 30.4. The largest absolute Gasteiger partial charge is 0.496 e. The number of likely N-dealkylation sites (tertiary alicyclic amines) is 1. The number of nitriles is 1. The zero-order valence-corrected chi connectivity index (χ0v) is 23.1. The summed E-state index contributed by atoms with van der Waals surface area (Å²) in [5.41, 5.74) is 0.404. The minimum absolute atomic E-state index is 0.0133. The molecule has 43 heavy (non-hydrogen) atoms. The van der Waals surface area contributed by atoms with Crippen LogP contribution in [0.15, 0.2) is 48.8 Å². The Morgan fingerprint density at radius 2 is 1.95 bits per heavy atom. The van der Waals surface area contributed by atoms with Gasteiger partial charge in [-0.2, -0.15) is 28.5 Å². The van der Waals surface area contributed by atoms with E-state index in [4.69, 9.17) is 4.74 Å². The molecule has 1 aliphatic carbocycles. The van der Waals surface area contributed by atoms with Gasteiger partial charge in [-0.15, -0.1) is 5.10 Å². The normalized spacial score (nSPS) is 16.6. The third-order valence-corrected chi connectivity index (χ3v) is 8.06. The maximum atomic E-state index is 13.3. The lowest BCUT2D eigenvalue weighted by Crippen LogP contribution is -2.48. The molecule has 0 unspecified atom stereocenters. The average molecular weight is 593 g/mol. The van der Waals surface area contributed by atoms with Gasteiger partial charge in [-0.05, 0) is 56.0 Å². The summed E-state index contributed by atoms with van der Waals surface area (Å²) in [4.78, 5) is 31.5. The lowest BCUT2D eigenvalue weighted by Gasteiger charge is -2.40. The average Bonchev–Trinajstić information content (AvgIpc) is 3.58. The van der Waals surface area contributed by atoms with Crippen molar-refractivity contribution in [3.63, 3.8) is 0 Å². The lowest BCUT2D eigenvalue weighted by molar-refractivity contribution is -0.137. The van der Waals surface area contributed by atoms with Crippen molar-refractivity contribution >= 4 is 23.4 Å². The van der Waals surface area contributed by atoms with Gasteiger partial charge in [-0.25, -0.2) is 4.52 Å². The minimum atomic E-state index is -4.56. The molecule has 0 radical (unpaired) electrons. The van der Waals surface area contributed by atoms with E-state index in [1.165, 1.54) is 7.11 Å². The summed E-state index contributed by atoms with van der Waals surface area (Å²) < 4.78 is 48.0. The summed E-state index contributed by atoms with van der Waals surface area (Å²) in [6, 6.07) is 10.5. The highest BCUT2D eigenvalue weighted by Gasteiger charge is 2.40. The number of anilines is 1. The second-order valence-corrected chi connectivity index (χ2v) is 10.8. The Hall–Kier alpha value is -4.93. The van der Waals surface area contributed by atoms with Crippen molar-refractivity contribution in [1.82, 2.24) is 29.3 Å². The number of methoxy groups -OCH3 is 1. The molecule has 1 aliphatic heterocycles. The number of carbonyl (C=O) groups is 2. The van der Waals surface area contributed by atoms with Crippen LogP contribution in [0.4, 0.5) is 19.1 Å². The van der Waals surface area contributed by atoms with Crippen LogP contribution in [0.25, 0.3) is 16.9 Å².